The maximum absolute atomic E-state index is 14.4. The maximum atomic E-state index is 14.4. The van der Waals surface area contributed by atoms with E-state index >= 15 is 0 Å². The van der Waals surface area contributed by atoms with Gasteiger partial charge in [-0.2, -0.15) is 4.98 Å². The minimum atomic E-state index is -4.62. The van der Waals surface area contributed by atoms with Crippen LogP contribution < -0.4 is 24.6 Å². The average molecular weight is 809 g/mol. The largest absolute Gasteiger partial charge is 0.494 e. The van der Waals surface area contributed by atoms with Gasteiger partial charge in [-0.1, -0.05) is 18.2 Å². The normalized spacial score (nSPS) is 15.3. The Balaban J connectivity index is 1.15. The summed E-state index contributed by atoms with van der Waals surface area (Å²) in [6, 6.07) is 15.1. The van der Waals surface area contributed by atoms with E-state index in [4.69, 9.17) is 19.1 Å². The number of methoxy groups -OCH3 is 1. The summed E-state index contributed by atoms with van der Waals surface area (Å²) < 4.78 is 92.8. The van der Waals surface area contributed by atoms with E-state index < -0.39 is 36.4 Å². The van der Waals surface area contributed by atoms with Gasteiger partial charge in [0.25, 0.3) is 16.0 Å². The van der Waals surface area contributed by atoms with Crippen molar-refractivity contribution >= 4 is 48.9 Å². The Morgan fingerprint density at radius 2 is 1.59 bits per heavy atom. The summed E-state index contributed by atoms with van der Waals surface area (Å²) in [7, 11) is -6.06. The number of benzene rings is 3. The summed E-state index contributed by atoms with van der Waals surface area (Å²) in [6.07, 6.45) is 4.78. The molecule has 0 amide bonds. The van der Waals surface area contributed by atoms with Crippen LogP contribution in [0, 0.1) is 18.6 Å². The predicted octanol–water partition coefficient (Wildman–Crippen LogP) is 5.71. The first kappa shape index (κ1) is 38.9. The van der Waals surface area contributed by atoms with Gasteiger partial charge in [-0.3, -0.25) is 9.62 Å². The molecule has 18 heteroatoms. The molecule has 0 spiro atoms. The van der Waals surface area contributed by atoms with Crippen LogP contribution in [0.3, 0.4) is 0 Å². The minimum absolute atomic E-state index is 0.0617. The molecule has 2 fully saturated rings. The number of aryl methyl sites for hydroxylation is 1. The molecule has 56 heavy (non-hydrogen) atoms. The summed E-state index contributed by atoms with van der Waals surface area (Å²) in [5.41, 5.74) is 3.95. The van der Waals surface area contributed by atoms with Crippen LogP contribution in [-0.4, -0.2) is 102 Å². The number of nitrogens with zero attached hydrogens (tertiary/aromatic N) is 6. The molecule has 2 aromatic heterocycles. The lowest BCUT2D eigenvalue weighted by atomic mass is 10.1. The van der Waals surface area contributed by atoms with E-state index in [0.717, 1.165) is 81.6 Å². The molecule has 0 atom stereocenters. The molecule has 0 bridgehead atoms. The van der Waals surface area contributed by atoms with Crippen molar-refractivity contribution < 1.29 is 34.8 Å². The maximum Gasteiger partial charge on any atom is 0.298 e. The van der Waals surface area contributed by atoms with Crippen molar-refractivity contribution in [3.63, 3.8) is 0 Å². The molecule has 7 rings (SSSR count). The smallest absolute Gasteiger partial charge is 0.298 e. The van der Waals surface area contributed by atoms with Gasteiger partial charge in [0.15, 0.2) is 10.7 Å². The predicted molar refractivity (Wildman–Crippen MR) is 211 cm³/mol. The topological polar surface area (TPSA) is 163 Å². The Kier molecular flexibility index (Phi) is 11.1. The van der Waals surface area contributed by atoms with Gasteiger partial charge >= 0.3 is 0 Å². The van der Waals surface area contributed by atoms with Crippen LogP contribution in [0.5, 0.6) is 5.75 Å². The van der Waals surface area contributed by atoms with Crippen molar-refractivity contribution in [1.82, 2.24) is 19.9 Å². The highest BCUT2D eigenvalue weighted by atomic mass is 32.2. The fourth-order valence-corrected chi connectivity index (χ4v) is 8.63. The highest BCUT2D eigenvalue weighted by molar-refractivity contribution is 7.92. The number of sulfone groups is 1. The number of sulfonamides is 1. The zero-order valence-electron chi connectivity index (χ0n) is 31.1. The quantitative estimate of drug-likeness (QED) is 0.149. The van der Waals surface area contributed by atoms with Crippen LogP contribution >= 0.6 is 0 Å². The fourth-order valence-electron chi connectivity index (χ4n) is 6.85. The number of rotatable bonds is 13. The molecule has 296 valence electrons. The number of piperazine rings is 1. The van der Waals surface area contributed by atoms with Gasteiger partial charge in [-0.25, -0.2) is 35.6 Å². The Bertz CT molecular complexity index is 2430. The number of aromatic nitrogens is 3. The lowest BCUT2D eigenvalue weighted by Gasteiger charge is -2.37. The first-order valence-corrected chi connectivity index (χ1v) is 21.6. The van der Waals surface area contributed by atoms with E-state index in [0.29, 0.717) is 46.7 Å². The zero-order chi connectivity index (χ0) is 39.6. The van der Waals surface area contributed by atoms with Crippen LogP contribution in [0.4, 0.5) is 37.8 Å². The fraction of sp³-hybridized carbons (Fsp3) is 0.342. The molecule has 0 saturated carbocycles. The first-order chi connectivity index (χ1) is 26.8. The summed E-state index contributed by atoms with van der Waals surface area (Å²) in [5, 5.41) is 3.28. The van der Waals surface area contributed by atoms with Gasteiger partial charge in [-0.15, -0.1) is 0 Å². The summed E-state index contributed by atoms with van der Waals surface area (Å²) in [4.78, 5) is 19.4. The molecule has 2 aliphatic rings. The monoisotopic (exact) mass is 808 g/mol. The molecule has 4 heterocycles. The second kappa shape index (κ2) is 16.0. The van der Waals surface area contributed by atoms with Crippen molar-refractivity contribution in [1.29, 1.82) is 0 Å². The molecule has 0 unspecified atom stereocenters. The van der Waals surface area contributed by atoms with Gasteiger partial charge in [-0.05, 0) is 61.7 Å². The third-order valence-electron chi connectivity index (χ3n) is 9.71. The second-order valence-electron chi connectivity index (χ2n) is 13.8. The van der Waals surface area contributed by atoms with Crippen LogP contribution in [0.1, 0.15) is 18.4 Å². The molecule has 0 aliphatic carbocycles. The third kappa shape index (κ3) is 8.71. The molecule has 2 N–H and O–H groups in total. The minimum Gasteiger partial charge on any atom is -0.494 e. The van der Waals surface area contributed by atoms with Crippen molar-refractivity contribution in [2.24, 2.45) is 0 Å². The van der Waals surface area contributed by atoms with Crippen molar-refractivity contribution in [3.05, 3.63) is 84.1 Å². The molecule has 14 nitrogen and oxygen atoms in total. The van der Waals surface area contributed by atoms with Gasteiger partial charge in [0, 0.05) is 81.3 Å². The molecule has 2 saturated heterocycles. The zero-order valence-corrected chi connectivity index (χ0v) is 32.8. The van der Waals surface area contributed by atoms with E-state index in [1.165, 1.54) is 18.4 Å². The van der Waals surface area contributed by atoms with E-state index in [2.05, 4.69) is 24.8 Å². The average Bonchev–Trinajstić information content (AvgIpc) is 3.86. The Hall–Kier alpha value is -5.33. The van der Waals surface area contributed by atoms with Crippen LogP contribution in [0.25, 0.3) is 22.7 Å². The number of nitrogens with one attached hydrogen (secondary N) is 2. The highest BCUT2D eigenvalue weighted by Gasteiger charge is 2.27. The van der Waals surface area contributed by atoms with Crippen LogP contribution in [0.2, 0.25) is 0 Å². The van der Waals surface area contributed by atoms with Crippen LogP contribution in [0.15, 0.2) is 76.2 Å². The van der Waals surface area contributed by atoms with Crippen molar-refractivity contribution in [2.45, 2.75) is 24.7 Å². The number of hydrogen-bond donors (Lipinski definition) is 2. The lowest BCUT2D eigenvalue weighted by molar-refractivity contribution is 0.272. The Morgan fingerprint density at radius 3 is 2.29 bits per heavy atom. The van der Waals surface area contributed by atoms with E-state index in [-0.39, 0.29) is 17.4 Å². The molecule has 2 aliphatic heterocycles. The molecular weight excluding hydrogens is 767 g/mol. The molecular formula is C38H42F2N8O6S2. The highest BCUT2D eigenvalue weighted by Crippen LogP contribution is 2.39. The molecule has 0 radical (unpaired) electrons. The van der Waals surface area contributed by atoms with Crippen LogP contribution in [-0.2, 0) is 19.9 Å². The molecule has 5 aromatic rings. The number of halogens is 2. The standard InChI is InChI=1S/C38H42F2N8O6S2/c1-25-22-31(33(53-2)24-32(25)47-18-16-46(17-19-47)20-21-55(3,49)50)43-37-41-13-12-30(42-37)35-34(44-38(54-35)48-14-4-5-15-48)26-8-6-9-27(23-26)45-56(51,52)36-28(39)10-7-11-29(36)40/h6-13,22-24,45H,4-5,14-21H2,1-3H3,(H,41,42,43). The van der Waals surface area contributed by atoms with E-state index in [1.807, 2.05) is 24.0 Å². The lowest BCUT2D eigenvalue weighted by Crippen LogP contribution is -2.47. The van der Waals surface area contributed by atoms with Gasteiger partial charge in [0.05, 0.1) is 18.6 Å². The SMILES string of the molecule is COc1cc(N2CCN(CCS(C)(=O)=O)CC2)c(C)cc1Nc1nccc(-c2oc(N3CCCC3)nc2-c2cccc(NS(=O)(=O)c3c(F)cccc3F)c2)n1. The summed E-state index contributed by atoms with van der Waals surface area (Å²) in [6.45, 7) is 6.99. The Morgan fingerprint density at radius 1 is 0.875 bits per heavy atom. The van der Waals surface area contributed by atoms with Crippen molar-refractivity contribution in [3.8, 4) is 28.5 Å². The van der Waals surface area contributed by atoms with Crippen molar-refractivity contribution in [2.75, 3.05) is 84.8 Å². The summed E-state index contributed by atoms with van der Waals surface area (Å²) >= 11 is 0. The number of ether oxygens (including phenoxy) is 1. The molecule has 3 aromatic carbocycles. The number of anilines is 5. The number of oxazole rings is 1. The van der Waals surface area contributed by atoms with E-state index in [9.17, 15) is 25.6 Å². The van der Waals surface area contributed by atoms with E-state index in [1.54, 1.807) is 31.5 Å². The Labute approximate surface area is 324 Å². The second-order valence-corrected chi connectivity index (χ2v) is 17.7. The first-order valence-electron chi connectivity index (χ1n) is 18.0. The van der Waals surface area contributed by atoms with Gasteiger partial charge in [0.1, 0.15) is 38.6 Å². The van der Waals surface area contributed by atoms with Gasteiger partial charge in [0.2, 0.25) is 5.95 Å². The third-order valence-corrected chi connectivity index (χ3v) is 12.1. The van der Waals surface area contributed by atoms with Gasteiger partial charge < -0.3 is 24.3 Å². The number of hydrogen-bond acceptors (Lipinski definition) is 13. The summed E-state index contributed by atoms with van der Waals surface area (Å²) in [5.74, 6) is -1.14.